The van der Waals surface area contributed by atoms with E-state index in [0.29, 0.717) is 25.4 Å². The average Bonchev–Trinajstić information content (AvgIpc) is 3.47. The number of carbonyl (C=O) groups is 1. The minimum absolute atomic E-state index is 0.108. The largest absolute Gasteiger partial charge is 0.389 e. The SMILES string of the molecule is Cc1ccc(C2(C(=O)N3CCC(O)(C4CCOCC4)C(C)C3)CC2)cc1. The van der Waals surface area contributed by atoms with Crippen molar-refractivity contribution in [3.8, 4) is 0 Å². The lowest BCUT2D eigenvalue weighted by Gasteiger charge is -2.49. The number of nitrogens with zero attached hydrogens (tertiary/aromatic N) is 1. The number of rotatable bonds is 3. The highest BCUT2D eigenvalue weighted by Crippen LogP contribution is 2.50. The summed E-state index contributed by atoms with van der Waals surface area (Å²) >= 11 is 0. The number of hydrogen-bond acceptors (Lipinski definition) is 3. The first-order valence-electron chi connectivity index (χ1n) is 10.1. The third kappa shape index (κ3) is 2.97. The van der Waals surface area contributed by atoms with Crippen LogP contribution in [-0.4, -0.2) is 47.8 Å². The molecule has 4 nitrogen and oxygen atoms in total. The molecule has 4 heteroatoms. The monoisotopic (exact) mass is 357 g/mol. The van der Waals surface area contributed by atoms with Crippen molar-refractivity contribution >= 4 is 5.91 Å². The fraction of sp³-hybridized carbons (Fsp3) is 0.682. The van der Waals surface area contributed by atoms with Gasteiger partial charge in [-0.2, -0.15) is 0 Å². The molecule has 1 amide bonds. The maximum absolute atomic E-state index is 13.3. The molecule has 2 aliphatic heterocycles. The van der Waals surface area contributed by atoms with Gasteiger partial charge >= 0.3 is 0 Å². The molecule has 1 saturated carbocycles. The van der Waals surface area contributed by atoms with Crippen molar-refractivity contribution in [1.82, 2.24) is 4.90 Å². The summed E-state index contributed by atoms with van der Waals surface area (Å²) in [6, 6.07) is 8.44. The van der Waals surface area contributed by atoms with Gasteiger partial charge in [-0.25, -0.2) is 0 Å². The maximum Gasteiger partial charge on any atom is 0.233 e. The van der Waals surface area contributed by atoms with Crippen LogP contribution in [0.25, 0.3) is 0 Å². The van der Waals surface area contributed by atoms with Gasteiger partial charge in [-0.3, -0.25) is 4.79 Å². The first kappa shape index (κ1) is 18.0. The summed E-state index contributed by atoms with van der Waals surface area (Å²) in [5.41, 5.74) is 1.43. The van der Waals surface area contributed by atoms with Crippen molar-refractivity contribution in [2.24, 2.45) is 11.8 Å². The smallest absolute Gasteiger partial charge is 0.233 e. The molecule has 0 radical (unpaired) electrons. The van der Waals surface area contributed by atoms with Gasteiger partial charge in [-0.1, -0.05) is 36.8 Å². The van der Waals surface area contributed by atoms with Gasteiger partial charge < -0.3 is 14.7 Å². The van der Waals surface area contributed by atoms with Crippen molar-refractivity contribution in [2.45, 2.75) is 57.0 Å². The molecule has 2 heterocycles. The van der Waals surface area contributed by atoms with E-state index in [4.69, 9.17) is 4.74 Å². The van der Waals surface area contributed by atoms with Gasteiger partial charge in [-0.05, 0) is 50.5 Å². The Hall–Kier alpha value is -1.39. The summed E-state index contributed by atoms with van der Waals surface area (Å²) in [5.74, 6) is 0.676. The van der Waals surface area contributed by atoms with E-state index in [2.05, 4.69) is 38.1 Å². The molecule has 1 aliphatic carbocycles. The third-order valence-electron chi connectivity index (χ3n) is 7.11. The zero-order chi connectivity index (χ0) is 18.4. The molecule has 2 atom stereocenters. The predicted molar refractivity (Wildman–Crippen MR) is 101 cm³/mol. The predicted octanol–water partition coefficient (Wildman–Crippen LogP) is 3.05. The first-order valence-corrected chi connectivity index (χ1v) is 10.1. The molecule has 0 bridgehead atoms. The molecule has 0 aromatic heterocycles. The van der Waals surface area contributed by atoms with E-state index >= 15 is 0 Å². The van der Waals surface area contributed by atoms with E-state index in [9.17, 15) is 9.90 Å². The second kappa shape index (κ2) is 6.65. The Morgan fingerprint density at radius 1 is 1.15 bits per heavy atom. The Morgan fingerprint density at radius 2 is 1.81 bits per heavy atom. The van der Waals surface area contributed by atoms with E-state index in [1.807, 2.05) is 4.90 Å². The van der Waals surface area contributed by atoms with Crippen LogP contribution in [0.5, 0.6) is 0 Å². The molecular formula is C22H31NO3. The van der Waals surface area contributed by atoms with Crippen LogP contribution in [0.3, 0.4) is 0 Å². The Kier molecular flexibility index (Phi) is 4.60. The lowest BCUT2D eigenvalue weighted by Crippen LogP contribution is -2.58. The summed E-state index contributed by atoms with van der Waals surface area (Å²) in [6.07, 6.45) is 4.45. The van der Waals surface area contributed by atoms with Gasteiger partial charge in [0.1, 0.15) is 0 Å². The zero-order valence-corrected chi connectivity index (χ0v) is 16.0. The van der Waals surface area contributed by atoms with Crippen molar-refractivity contribution in [1.29, 1.82) is 0 Å². The normalized spacial score (nSPS) is 31.7. The van der Waals surface area contributed by atoms with Gasteiger partial charge in [0.2, 0.25) is 5.91 Å². The lowest BCUT2D eigenvalue weighted by atomic mass is 9.70. The number of amides is 1. The average molecular weight is 357 g/mol. The van der Waals surface area contributed by atoms with Crippen molar-refractivity contribution in [3.05, 3.63) is 35.4 Å². The summed E-state index contributed by atoms with van der Waals surface area (Å²) in [5, 5.41) is 11.3. The molecule has 1 aromatic carbocycles. The molecule has 3 aliphatic rings. The number of aliphatic hydroxyl groups is 1. The molecule has 142 valence electrons. The Bertz CT molecular complexity index is 660. The highest BCUT2D eigenvalue weighted by molar-refractivity contribution is 5.91. The number of likely N-dealkylation sites (tertiary alicyclic amines) is 1. The van der Waals surface area contributed by atoms with Crippen molar-refractivity contribution in [3.63, 3.8) is 0 Å². The topological polar surface area (TPSA) is 49.8 Å². The van der Waals surface area contributed by atoms with Crippen LogP contribution in [0.2, 0.25) is 0 Å². The molecule has 3 fully saturated rings. The second-order valence-corrected chi connectivity index (χ2v) is 8.73. The third-order valence-corrected chi connectivity index (χ3v) is 7.11. The van der Waals surface area contributed by atoms with Gasteiger partial charge in [0.15, 0.2) is 0 Å². The number of carbonyl (C=O) groups excluding carboxylic acids is 1. The minimum Gasteiger partial charge on any atom is -0.389 e. The number of aryl methyl sites for hydroxylation is 1. The fourth-order valence-electron chi connectivity index (χ4n) is 5.06. The lowest BCUT2D eigenvalue weighted by molar-refractivity contribution is -0.153. The standard InChI is InChI=1S/C22H31NO3/c1-16-3-5-18(6-4-16)21(9-10-21)20(24)23-12-11-22(25,17(2)15-23)19-7-13-26-14-8-19/h3-6,17,19,25H,7-15H2,1-2H3. The first-order chi connectivity index (χ1) is 12.5. The summed E-state index contributed by atoms with van der Waals surface area (Å²) in [6.45, 7) is 7.03. The summed E-state index contributed by atoms with van der Waals surface area (Å²) in [7, 11) is 0. The van der Waals surface area contributed by atoms with E-state index < -0.39 is 5.60 Å². The summed E-state index contributed by atoms with van der Waals surface area (Å²) in [4.78, 5) is 15.3. The molecule has 2 unspecified atom stereocenters. The second-order valence-electron chi connectivity index (χ2n) is 8.73. The maximum atomic E-state index is 13.3. The number of ether oxygens (including phenoxy) is 1. The highest BCUT2D eigenvalue weighted by atomic mass is 16.5. The van der Waals surface area contributed by atoms with Crippen LogP contribution in [0.4, 0.5) is 0 Å². The van der Waals surface area contributed by atoms with Gasteiger partial charge in [0, 0.05) is 32.2 Å². The Balaban J connectivity index is 1.47. The molecular weight excluding hydrogens is 326 g/mol. The minimum atomic E-state index is -0.652. The van der Waals surface area contributed by atoms with E-state index in [1.54, 1.807) is 0 Å². The van der Waals surface area contributed by atoms with Crippen LogP contribution < -0.4 is 0 Å². The van der Waals surface area contributed by atoms with E-state index in [-0.39, 0.29) is 17.2 Å². The number of piperidine rings is 1. The van der Waals surface area contributed by atoms with Gasteiger partial charge in [0.25, 0.3) is 0 Å². The molecule has 4 rings (SSSR count). The fourth-order valence-corrected chi connectivity index (χ4v) is 5.06. The Labute approximate surface area is 156 Å². The quantitative estimate of drug-likeness (QED) is 0.904. The molecule has 2 saturated heterocycles. The van der Waals surface area contributed by atoms with Gasteiger partial charge in [0.05, 0.1) is 11.0 Å². The Morgan fingerprint density at radius 3 is 2.38 bits per heavy atom. The van der Waals surface area contributed by atoms with Crippen LogP contribution >= 0.6 is 0 Å². The van der Waals surface area contributed by atoms with Crippen LogP contribution in [0.1, 0.15) is 50.2 Å². The van der Waals surface area contributed by atoms with Crippen LogP contribution in [0.15, 0.2) is 24.3 Å². The highest BCUT2D eigenvalue weighted by Gasteiger charge is 2.55. The summed E-state index contributed by atoms with van der Waals surface area (Å²) < 4.78 is 5.46. The zero-order valence-electron chi connectivity index (χ0n) is 16.0. The van der Waals surface area contributed by atoms with Crippen LogP contribution in [0, 0.1) is 18.8 Å². The van der Waals surface area contributed by atoms with E-state index in [0.717, 1.165) is 44.5 Å². The van der Waals surface area contributed by atoms with Crippen molar-refractivity contribution < 1.29 is 14.6 Å². The molecule has 0 spiro atoms. The number of benzene rings is 1. The van der Waals surface area contributed by atoms with E-state index in [1.165, 1.54) is 5.56 Å². The van der Waals surface area contributed by atoms with Crippen LogP contribution in [-0.2, 0) is 14.9 Å². The number of hydrogen-bond donors (Lipinski definition) is 1. The van der Waals surface area contributed by atoms with Crippen molar-refractivity contribution in [2.75, 3.05) is 26.3 Å². The molecule has 26 heavy (non-hydrogen) atoms. The molecule has 1 aromatic rings. The van der Waals surface area contributed by atoms with Gasteiger partial charge in [-0.15, -0.1) is 0 Å². The molecule has 1 N–H and O–H groups in total.